The molecule has 0 saturated heterocycles. The molecule has 1 aliphatic carbocycles. The highest BCUT2D eigenvalue weighted by Crippen LogP contribution is 2.40. The molecule has 1 rings (SSSR count). The second-order valence-electron chi connectivity index (χ2n) is 5.77. The Morgan fingerprint density at radius 3 is 2.28 bits per heavy atom. The summed E-state index contributed by atoms with van der Waals surface area (Å²) in [6.07, 6.45) is 8.10. The molecule has 0 amide bonds. The monoisotopic (exact) mass is 319 g/mol. The van der Waals surface area contributed by atoms with E-state index in [0.717, 1.165) is 24.5 Å². The van der Waals surface area contributed by atoms with E-state index in [2.05, 4.69) is 34.7 Å². The molecule has 108 valence electrons. The van der Waals surface area contributed by atoms with Crippen molar-refractivity contribution in [2.75, 3.05) is 32.1 Å². The van der Waals surface area contributed by atoms with Crippen molar-refractivity contribution in [3.8, 4) is 0 Å². The average Bonchev–Trinajstić information content (AvgIpc) is 2.86. The maximum atomic E-state index is 5.29. The van der Waals surface area contributed by atoms with Crippen molar-refractivity contribution in [3.05, 3.63) is 0 Å². The van der Waals surface area contributed by atoms with Gasteiger partial charge >= 0.3 is 0 Å². The van der Waals surface area contributed by atoms with Crippen LogP contribution in [0.5, 0.6) is 0 Å². The van der Waals surface area contributed by atoms with Crippen LogP contribution in [0.25, 0.3) is 0 Å². The molecule has 0 unspecified atom stereocenters. The first-order valence-corrected chi connectivity index (χ1v) is 8.62. The van der Waals surface area contributed by atoms with Crippen LogP contribution in [-0.2, 0) is 4.74 Å². The fourth-order valence-corrected chi connectivity index (χ4v) is 4.03. The van der Waals surface area contributed by atoms with Crippen LogP contribution in [0.3, 0.4) is 0 Å². The smallest absolute Gasteiger partial charge is 0.0589 e. The Hall–Kier alpha value is 0.400. The van der Waals surface area contributed by atoms with Crippen LogP contribution in [0, 0.1) is 5.41 Å². The van der Waals surface area contributed by atoms with Crippen molar-refractivity contribution < 1.29 is 4.74 Å². The van der Waals surface area contributed by atoms with Crippen molar-refractivity contribution in [1.82, 2.24) is 4.90 Å². The minimum absolute atomic E-state index is 0.524. The van der Waals surface area contributed by atoms with Gasteiger partial charge in [-0.15, -0.1) is 0 Å². The average molecular weight is 320 g/mol. The van der Waals surface area contributed by atoms with Gasteiger partial charge in [0.05, 0.1) is 6.61 Å². The Labute approximate surface area is 122 Å². The molecule has 0 aromatic carbocycles. The van der Waals surface area contributed by atoms with E-state index in [9.17, 15) is 0 Å². The molecule has 0 aromatic rings. The SMILES string of the molecule is CCC(CC)N(CCOC)CC1(CBr)CCCC1. The number of hydrogen-bond acceptors (Lipinski definition) is 2. The van der Waals surface area contributed by atoms with Crippen LogP contribution in [0.2, 0.25) is 0 Å². The van der Waals surface area contributed by atoms with E-state index in [-0.39, 0.29) is 0 Å². The van der Waals surface area contributed by atoms with Gasteiger partial charge in [-0.25, -0.2) is 0 Å². The van der Waals surface area contributed by atoms with Crippen LogP contribution in [0.15, 0.2) is 0 Å². The first kappa shape index (κ1) is 16.5. The maximum absolute atomic E-state index is 5.29. The van der Waals surface area contributed by atoms with Gasteiger partial charge in [0, 0.05) is 31.6 Å². The number of rotatable bonds is 9. The molecule has 0 bridgehead atoms. The lowest BCUT2D eigenvalue weighted by atomic mass is 9.87. The second-order valence-corrected chi connectivity index (χ2v) is 6.34. The minimum atomic E-state index is 0.524. The topological polar surface area (TPSA) is 12.5 Å². The third-order valence-electron chi connectivity index (χ3n) is 4.53. The van der Waals surface area contributed by atoms with Crippen molar-refractivity contribution in [1.29, 1.82) is 0 Å². The minimum Gasteiger partial charge on any atom is -0.383 e. The first-order valence-electron chi connectivity index (χ1n) is 7.50. The van der Waals surface area contributed by atoms with Crippen LogP contribution in [-0.4, -0.2) is 43.1 Å². The highest BCUT2D eigenvalue weighted by molar-refractivity contribution is 9.09. The summed E-state index contributed by atoms with van der Waals surface area (Å²) < 4.78 is 5.29. The predicted molar refractivity (Wildman–Crippen MR) is 82.5 cm³/mol. The Kier molecular flexibility index (Phi) is 7.81. The molecule has 1 saturated carbocycles. The molecule has 0 radical (unpaired) electrons. The zero-order valence-electron chi connectivity index (χ0n) is 12.4. The summed E-state index contributed by atoms with van der Waals surface area (Å²) >= 11 is 3.77. The van der Waals surface area contributed by atoms with Gasteiger partial charge in [0.2, 0.25) is 0 Å². The van der Waals surface area contributed by atoms with E-state index in [1.54, 1.807) is 7.11 Å². The molecule has 3 heteroatoms. The third-order valence-corrected chi connectivity index (χ3v) is 5.72. The van der Waals surface area contributed by atoms with Crippen molar-refractivity contribution in [2.24, 2.45) is 5.41 Å². The Morgan fingerprint density at radius 2 is 1.83 bits per heavy atom. The molecule has 0 aliphatic heterocycles. The highest BCUT2D eigenvalue weighted by Gasteiger charge is 2.35. The molecule has 0 spiro atoms. The van der Waals surface area contributed by atoms with Gasteiger partial charge in [-0.3, -0.25) is 4.90 Å². The summed E-state index contributed by atoms with van der Waals surface area (Å²) in [5.74, 6) is 0. The van der Waals surface area contributed by atoms with E-state index in [0.29, 0.717) is 5.41 Å². The van der Waals surface area contributed by atoms with Crippen molar-refractivity contribution >= 4 is 15.9 Å². The lowest BCUT2D eigenvalue weighted by Crippen LogP contribution is -2.44. The largest absolute Gasteiger partial charge is 0.383 e. The molecule has 1 fully saturated rings. The molecule has 18 heavy (non-hydrogen) atoms. The van der Waals surface area contributed by atoms with E-state index in [4.69, 9.17) is 4.74 Å². The zero-order valence-corrected chi connectivity index (χ0v) is 14.0. The first-order chi connectivity index (χ1) is 8.71. The van der Waals surface area contributed by atoms with Gasteiger partial charge < -0.3 is 4.74 Å². The normalized spacial score (nSPS) is 19.0. The molecular formula is C15H30BrNO. The van der Waals surface area contributed by atoms with Gasteiger partial charge in [0.25, 0.3) is 0 Å². The van der Waals surface area contributed by atoms with E-state index >= 15 is 0 Å². The lowest BCUT2D eigenvalue weighted by molar-refractivity contribution is 0.0799. The molecule has 0 atom stereocenters. The maximum Gasteiger partial charge on any atom is 0.0589 e. The fraction of sp³-hybridized carbons (Fsp3) is 1.00. The summed E-state index contributed by atoms with van der Waals surface area (Å²) in [5.41, 5.74) is 0.524. The summed E-state index contributed by atoms with van der Waals surface area (Å²) in [5, 5.41) is 1.16. The molecule has 0 N–H and O–H groups in total. The highest BCUT2D eigenvalue weighted by atomic mass is 79.9. The molecule has 1 aliphatic rings. The zero-order chi connectivity index (χ0) is 13.4. The number of hydrogen-bond donors (Lipinski definition) is 0. The van der Waals surface area contributed by atoms with Crippen molar-refractivity contribution in [3.63, 3.8) is 0 Å². The Morgan fingerprint density at radius 1 is 1.22 bits per heavy atom. The van der Waals surface area contributed by atoms with Crippen LogP contribution >= 0.6 is 15.9 Å². The van der Waals surface area contributed by atoms with Gasteiger partial charge in [0.15, 0.2) is 0 Å². The number of halogens is 1. The van der Waals surface area contributed by atoms with Crippen LogP contribution in [0.1, 0.15) is 52.4 Å². The van der Waals surface area contributed by atoms with Crippen LogP contribution < -0.4 is 0 Å². The van der Waals surface area contributed by atoms with Gasteiger partial charge in [-0.1, -0.05) is 42.6 Å². The number of alkyl halides is 1. The van der Waals surface area contributed by atoms with Crippen LogP contribution in [0.4, 0.5) is 0 Å². The summed E-state index contributed by atoms with van der Waals surface area (Å²) in [6.45, 7) is 7.80. The Balaban J connectivity index is 2.63. The summed E-state index contributed by atoms with van der Waals surface area (Å²) in [7, 11) is 1.81. The number of methoxy groups -OCH3 is 1. The second kappa shape index (κ2) is 8.55. The number of ether oxygens (including phenoxy) is 1. The summed E-state index contributed by atoms with van der Waals surface area (Å²) in [6, 6.07) is 0.719. The van der Waals surface area contributed by atoms with Gasteiger partial charge in [-0.05, 0) is 31.1 Å². The molecule has 0 heterocycles. The molecule has 2 nitrogen and oxygen atoms in total. The molecular weight excluding hydrogens is 290 g/mol. The Bertz CT molecular complexity index is 213. The summed E-state index contributed by atoms with van der Waals surface area (Å²) in [4.78, 5) is 2.68. The van der Waals surface area contributed by atoms with E-state index < -0.39 is 0 Å². The number of nitrogens with zero attached hydrogens (tertiary/aromatic N) is 1. The quantitative estimate of drug-likeness (QED) is 0.594. The van der Waals surface area contributed by atoms with Gasteiger partial charge in [-0.2, -0.15) is 0 Å². The lowest BCUT2D eigenvalue weighted by Gasteiger charge is -2.38. The van der Waals surface area contributed by atoms with Gasteiger partial charge in [0.1, 0.15) is 0 Å². The fourth-order valence-electron chi connectivity index (χ4n) is 3.29. The predicted octanol–water partition coefficient (Wildman–Crippen LogP) is 4.08. The standard InChI is InChI=1S/C15H30BrNO/c1-4-14(5-2)17(10-11-18-3)13-15(12-16)8-6-7-9-15/h14H,4-13H2,1-3H3. The van der Waals surface area contributed by atoms with E-state index in [1.165, 1.54) is 45.1 Å². The van der Waals surface area contributed by atoms with E-state index in [1.807, 2.05) is 0 Å². The third kappa shape index (κ3) is 4.50. The molecule has 0 aromatic heterocycles. The van der Waals surface area contributed by atoms with Crippen molar-refractivity contribution in [2.45, 2.75) is 58.4 Å².